The summed E-state index contributed by atoms with van der Waals surface area (Å²) in [4.78, 5) is 14.2. The second kappa shape index (κ2) is 5.55. The van der Waals surface area contributed by atoms with Gasteiger partial charge < -0.3 is 10.2 Å². The van der Waals surface area contributed by atoms with Gasteiger partial charge in [-0.05, 0) is 18.1 Å². The van der Waals surface area contributed by atoms with Gasteiger partial charge in [0.1, 0.15) is 0 Å². The number of fused-ring (bicyclic) bond motifs is 1. The van der Waals surface area contributed by atoms with Crippen LogP contribution in [0.5, 0.6) is 0 Å². The molecule has 1 amide bonds. The molecule has 2 aromatic carbocycles. The van der Waals surface area contributed by atoms with Crippen molar-refractivity contribution in [2.45, 2.75) is 25.1 Å². The molecular weight excluding hydrogens is 278 g/mol. The summed E-state index contributed by atoms with van der Waals surface area (Å²) in [5, 5.41) is 21.0. The maximum atomic E-state index is 12.8. The minimum atomic E-state index is -1.39. The Bertz CT molecular complexity index is 686. The van der Waals surface area contributed by atoms with Gasteiger partial charge in [0.05, 0.1) is 12.6 Å². The van der Waals surface area contributed by atoms with E-state index >= 15 is 0 Å². The number of aliphatic hydroxyl groups excluding tert-OH is 1. The first-order valence-corrected chi connectivity index (χ1v) is 7.44. The standard InChI is InChI=1S/C18H19NO3/c1-2-18(22)15-11-7-6-10-14(15)17(21)19(18)16(12-20)13-8-4-3-5-9-13/h3-11,16,20,22H,2,12H2,1H3/t16-,18?/m0/s1. The maximum Gasteiger partial charge on any atom is 0.257 e. The van der Waals surface area contributed by atoms with Gasteiger partial charge in [-0.25, -0.2) is 0 Å². The van der Waals surface area contributed by atoms with Gasteiger partial charge in [0.2, 0.25) is 0 Å². The summed E-state index contributed by atoms with van der Waals surface area (Å²) in [7, 11) is 0. The zero-order valence-corrected chi connectivity index (χ0v) is 12.4. The Kier molecular flexibility index (Phi) is 3.72. The molecular formula is C18H19NO3. The number of hydrogen-bond donors (Lipinski definition) is 2. The fourth-order valence-electron chi connectivity index (χ4n) is 3.22. The van der Waals surface area contributed by atoms with Gasteiger partial charge in [-0.2, -0.15) is 0 Å². The van der Waals surface area contributed by atoms with Crippen molar-refractivity contribution in [3.8, 4) is 0 Å². The Balaban J connectivity index is 2.12. The van der Waals surface area contributed by atoms with E-state index in [4.69, 9.17) is 0 Å². The Morgan fingerprint density at radius 1 is 1.09 bits per heavy atom. The molecule has 1 heterocycles. The van der Waals surface area contributed by atoms with Crippen LogP contribution >= 0.6 is 0 Å². The van der Waals surface area contributed by atoms with E-state index in [0.717, 1.165) is 5.56 Å². The number of amides is 1. The average Bonchev–Trinajstić information content (AvgIpc) is 2.80. The molecule has 3 rings (SSSR count). The number of carbonyl (C=O) groups excluding carboxylic acids is 1. The van der Waals surface area contributed by atoms with Gasteiger partial charge in [0.25, 0.3) is 5.91 Å². The summed E-state index contributed by atoms with van der Waals surface area (Å²) in [5.74, 6) is -0.247. The highest BCUT2D eigenvalue weighted by Crippen LogP contribution is 2.44. The third-order valence-corrected chi connectivity index (χ3v) is 4.37. The first-order chi connectivity index (χ1) is 10.6. The van der Waals surface area contributed by atoms with Crippen LogP contribution in [0, 0.1) is 0 Å². The predicted molar refractivity (Wildman–Crippen MR) is 83.1 cm³/mol. The highest BCUT2D eigenvalue weighted by Gasteiger charge is 2.50. The molecule has 0 fully saturated rings. The largest absolute Gasteiger partial charge is 0.394 e. The smallest absolute Gasteiger partial charge is 0.257 e. The molecule has 0 aliphatic carbocycles. The van der Waals surface area contributed by atoms with Crippen molar-refractivity contribution in [3.63, 3.8) is 0 Å². The van der Waals surface area contributed by atoms with E-state index in [0.29, 0.717) is 17.5 Å². The van der Waals surface area contributed by atoms with Gasteiger partial charge in [-0.3, -0.25) is 9.69 Å². The van der Waals surface area contributed by atoms with Crippen LogP contribution in [0.4, 0.5) is 0 Å². The van der Waals surface area contributed by atoms with Crippen molar-refractivity contribution in [1.82, 2.24) is 4.90 Å². The number of carbonyl (C=O) groups is 1. The van der Waals surface area contributed by atoms with Gasteiger partial charge in [-0.1, -0.05) is 55.5 Å². The lowest BCUT2D eigenvalue weighted by molar-refractivity contribution is -0.113. The van der Waals surface area contributed by atoms with Crippen molar-refractivity contribution in [1.29, 1.82) is 0 Å². The maximum absolute atomic E-state index is 12.8. The first kappa shape index (κ1) is 14.8. The first-order valence-electron chi connectivity index (χ1n) is 7.44. The fourth-order valence-corrected chi connectivity index (χ4v) is 3.22. The Morgan fingerprint density at radius 2 is 1.73 bits per heavy atom. The lowest BCUT2D eigenvalue weighted by Crippen LogP contribution is -2.46. The van der Waals surface area contributed by atoms with E-state index in [9.17, 15) is 15.0 Å². The van der Waals surface area contributed by atoms with E-state index in [1.54, 1.807) is 18.2 Å². The zero-order valence-electron chi connectivity index (χ0n) is 12.4. The van der Waals surface area contributed by atoms with Crippen molar-refractivity contribution in [2.24, 2.45) is 0 Å². The molecule has 1 unspecified atom stereocenters. The van der Waals surface area contributed by atoms with Crippen LogP contribution in [0.15, 0.2) is 54.6 Å². The van der Waals surface area contributed by atoms with Crippen molar-refractivity contribution < 1.29 is 15.0 Å². The quantitative estimate of drug-likeness (QED) is 0.911. The Labute approximate surface area is 129 Å². The second-order valence-electron chi connectivity index (χ2n) is 5.50. The summed E-state index contributed by atoms with van der Waals surface area (Å²) in [6.07, 6.45) is 0.360. The SMILES string of the molecule is CCC1(O)c2ccccc2C(=O)N1[C@@H](CO)c1ccccc1. The summed E-state index contributed by atoms with van der Waals surface area (Å²) in [6, 6.07) is 15.8. The normalized spacial score (nSPS) is 21.8. The van der Waals surface area contributed by atoms with Gasteiger partial charge >= 0.3 is 0 Å². The van der Waals surface area contributed by atoms with Gasteiger partial charge in [0.15, 0.2) is 5.72 Å². The number of benzene rings is 2. The average molecular weight is 297 g/mol. The van der Waals surface area contributed by atoms with Crippen molar-refractivity contribution >= 4 is 5.91 Å². The highest BCUT2D eigenvalue weighted by molar-refractivity contribution is 6.00. The minimum absolute atomic E-state index is 0.244. The molecule has 4 nitrogen and oxygen atoms in total. The molecule has 0 saturated carbocycles. The number of rotatable bonds is 4. The lowest BCUT2D eigenvalue weighted by Gasteiger charge is -2.39. The summed E-state index contributed by atoms with van der Waals surface area (Å²) in [6.45, 7) is 1.59. The monoisotopic (exact) mass is 297 g/mol. The van der Waals surface area contributed by atoms with Crippen LogP contribution in [-0.4, -0.2) is 27.6 Å². The molecule has 2 aromatic rings. The zero-order chi connectivity index (χ0) is 15.7. The second-order valence-corrected chi connectivity index (χ2v) is 5.50. The van der Waals surface area contributed by atoms with Crippen LogP contribution in [0.2, 0.25) is 0 Å². The van der Waals surface area contributed by atoms with Gasteiger partial charge in [-0.15, -0.1) is 0 Å². The number of nitrogens with zero attached hydrogens (tertiary/aromatic N) is 1. The molecule has 0 spiro atoms. The van der Waals surface area contributed by atoms with Crippen LogP contribution in [0.25, 0.3) is 0 Å². The molecule has 2 N–H and O–H groups in total. The van der Waals surface area contributed by atoms with Crippen LogP contribution < -0.4 is 0 Å². The van der Waals surface area contributed by atoms with Crippen molar-refractivity contribution in [2.75, 3.05) is 6.61 Å². The predicted octanol–water partition coefficient (Wildman–Crippen LogP) is 2.43. The molecule has 114 valence electrons. The van der Waals surface area contributed by atoms with E-state index < -0.39 is 11.8 Å². The minimum Gasteiger partial charge on any atom is -0.394 e. The summed E-state index contributed by atoms with van der Waals surface area (Å²) < 4.78 is 0. The molecule has 1 aliphatic rings. The number of aliphatic hydroxyl groups is 2. The van der Waals surface area contributed by atoms with E-state index in [-0.39, 0.29) is 12.5 Å². The highest BCUT2D eigenvalue weighted by atomic mass is 16.3. The molecule has 1 aliphatic heterocycles. The molecule has 0 bridgehead atoms. The topological polar surface area (TPSA) is 60.8 Å². The molecule has 4 heteroatoms. The third-order valence-electron chi connectivity index (χ3n) is 4.37. The van der Waals surface area contributed by atoms with E-state index in [2.05, 4.69) is 0 Å². The van der Waals surface area contributed by atoms with Crippen LogP contribution in [0.1, 0.15) is 40.9 Å². The Hall–Kier alpha value is -2.17. The molecule has 0 saturated heterocycles. The Morgan fingerprint density at radius 3 is 2.36 bits per heavy atom. The fraction of sp³-hybridized carbons (Fsp3) is 0.278. The molecule has 22 heavy (non-hydrogen) atoms. The summed E-state index contributed by atoms with van der Waals surface area (Å²) >= 11 is 0. The number of hydrogen-bond acceptors (Lipinski definition) is 3. The summed E-state index contributed by atoms with van der Waals surface area (Å²) in [5.41, 5.74) is 0.521. The molecule has 0 aromatic heterocycles. The van der Waals surface area contributed by atoms with Crippen LogP contribution in [-0.2, 0) is 5.72 Å². The van der Waals surface area contributed by atoms with Gasteiger partial charge in [0, 0.05) is 11.1 Å². The lowest BCUT2D eigenvalue weighted by atomic mass is 9.97. The van der Waals surface area contributed by atoms with E-state index in [1.807, 2.05) is 43.3 Å². The van der Waals surface area contributed by atoms with Crippen molar-refractivity contribution in [3.05, 3.63) is 71.3 Å². The third kappa shape index (κ3) is 2.03. The molecule has 0 radical (unpaired) electrons. The van der Waals surface area contributed by atoms with Crippen LogP contribution in [0.3, 0.4) is 0 Å². The molecule has 2 atom stereocenters. The van der Waals surface area contributed by atoms with E-state index in [1.165, 1.54) is 4.90 Å².